The molecule has 1 rings (SSSR count). The summed E-state index contributed by atoms with van der Waals surface area (Å²) in [5.41, 5.74) is 0.377. The smallest absolute Gasteiger partial charge is 0.303 e. The van der Waals surface area contributed by atoms with E-state index in [1.807, 2.05) is 0 Å². The average Bonchev–Trinajstić information content (AvgIpc) is 2.25. The fourth-order valence-electron chi connectivity index (χ4n) is 1.41. The third-order valence-electron chi connectivity index (χ3n) is 2.31. The molecule has 0 heterocycles. The van der Waals surface area contributed by atoms with Crippen molar-refractivity contribution in [1.82, 2.24) is 5.32 Å². The van der Waals surface area contributed by atoms with Crippen molar-refractivity contribution in [3.05, 3.63) is 33.3 Å². The molecule has 0 bridgehead atoms. The first-order chi connectivity index (χ1) is 8.40. The summed E-state index contributed by atoms with van der Waals surface area (Å²) in [5.74, 6) is -1.30. The Morgan fingerprint density at radius 1 is 1.50 bits per heavy atom. The number of amides is 1. The first-order valence-corrected chi connectivity index (χ1v) is 6.52. The lowest BCUT2D eigenvalue weighted by molar-refractivity contribution is -0.137. The third-order valence-corrected chi connectivity index (χ3v) is 3.12. The van der Waals surface area contributed by atoms with Crippen LogP contribution in [0.3, 0.4) is 0 Å². The molecule has 98 valence electrons. The molecule has 0 aliphatic carbocycles. The Balaban J connectivity index is 2.58. The molecule has 4 nitrogen and oxygen atoms in total. The van der Waals surface area contributed by atoms with Gasteiger partial charge in [0, 0.05) is 17.4 Å². The minimum Gasteiger partial charge on any atom is -0.481 e. The predicted octanol–water partition coefficient (Wildman–Crippen LogP) is 2.94. The average molecular weight is 335 g/mol. The SMILES string of the molecule is CC(CNC(=O)c1ccc(Br)cc1Cl)CC(=O)O. The highest BCUT2D eigenvalue weighted by Gasteiger charge is 2.13. The number of rotatable bonds is 5. The summed E-state index contributed by atoms with van der Waals surface area (Å²) in [6.07, 6.45) is 0.0222. The predicted molar refractivity (Wildman–Crippen MR) is 72.9 cm³/mol. The van der Waals surface area contributed by atoms with Crippen molar-refractivity contribution in [3.63, 3.8) is 0 Å². The lowest BCUT2D eigenvalue weighted by Gasteiger charge is -2.11. The fourth-order valence-corrected chi connectivity index (χ4v) is 2.17. The van der Waals surface area contributed by atoms with Crippen LogP contribution in [0.15, 0.2) is 22.7 Å². The highest BCUT2D eigenvalue weighted by molar-refractivity contribution is 9.10. The number of hydrogen-bond acceptors (Lipinski definition) is 2. The van der Waals surface area contributed by atoms with E-state index in [1.165, 1.54) is 0 Å². The van der Waals surface area contributed by atoms with Gasteiger partial charge >= 0.3 is 5.97 Å². The topological polar surface area (TPSA) is 66.4 Å². The molecule has 0 aliphatic heterocycles. The minimum absolute atomic E-state index is 0.0222. The quantitative estimate of drug-likeness (QED) is 0.870. The second kappa shape index (κ2) is 6.75. The number of nitrogens with one attached hydrogen (secondary N) is 1. The molecular formula is C12H13BrClNO3. The van der Waals surface area contributed by atoms with E-state index < -0.39 is 5.97 Å². The number of aliphatic carboxylic acids is 1. The van der Waals surface area contributed by atoms with Crippen LogP contribution in [0.1, 0.15) is 23.7 Å². The number of carboxylic acids is 1. The van der Waals surface area contributed by atoms with Gasteiger partial charge in [0.1, 0.15) is 0 Å². The van der Waals surface area contributed by atoms with Gasteiger partial charge in [-0.3, -0.25) is 9.59 Å². The molecule has 1 aromatic carbocycles. The van der Waals surface area contributed by atoms with Crippen LogP contribution in [0.5, 0.6) is 0 Å². The van der Waals surface area contributed by atoms with E-state index in [-0.39, 0.29) is 18.2 Å². The maximum absolute atomic E-state index is 11.8. The number of carbonyl (C=O) groups excluding carboxylic acids is 1. The van der Waals surface area contributed by atoms with Crippen LogP contribution in [0.25, 0.3) is 0 Å². The molecule has 2 N–H and O–H groups in total. The zero-order valence-electron chi connectivity index (χ0n) is 9.74. The normalized spacial score (nSPS) is 11.9. The van der Waals surface area contributed by atoms with Crippen LogP contribution < -0.4 is 5.32 Å². The second-order valence-electron chi connectivity index (χ2n) is 4.04. The maximum atomic E-state index is 11.8. The van der Waals surface area contributed by atoms with Gasteiger partial charge < -0.3 is 10.4 Å². The molecule has 0 saturated carbocycles. The lowest BCUT2D eigenvalue weighted by Crippen LogP contribution is -2.29. The van der Waals surface area contributed by atoms with Gasteiger partial charge in [0.25, 0.3) is 5.91 Å². The maximum Gasteiger partial charge on any atom is 0.303 e. The molecule has 0 radical (unpaired) electrons. The molecular weight excluding hydrogens is 321 g/mol. The Hall–Kier alpha value is -1.07. The first-order valence-electron chi connectivity index (χ1n) is 5.35. The summed E-state index contributed by atoms with van der Waals surface area (Å²) in [6.45, 7) is 2.06. The van der Waals surface area contributed by atoms with Crippen LogP contribution in [0.4, 0.5) is 0 Å². The van der Waals surface area contributed by atoms with Crippen molar-refractivity contribution in [2.45, 2.75) is 13.3 Å². The Morgan fingerprint density at radius 3 is 2.72 bits per heavy atom. The number of halogens is 2. The largest absolute Gasteiger partial charge is 0.481 e. The number of carboxylic acid groups (broad SMARTS) is 1. The van der Waals surface area contributed by atoms with E-state index in [0.29, 0.717) is 17.1 Å². The highest BCUT2D eigenvalue weighted by Crippen LogP contribution is 2.21. The number of carbonyl (C=O) groups is 2. The van der Waals surface area contributed by atoms with Gasteiger partial charge in [0.15, 0.2) is 0 Å². The van der Waals surface area contributed by atoms with Gasteiger partial charge in [-0.15, -0.1) is 0 Å². The van der Waals surface area contributed by atoms with E-state index in [2.05, 4.69) is 21.2 Å². The van der Waals surface area contributed by atoms with Crippen LogP contribution in [-0.4, -0.2) is 23.5 Å². The van der Waals surface area contributed by atoms with E-state index in [4.69, 9.17) is 16.7 Å². The van der Waals surface area contributed by atoms with Gasteiger partial charge in [-0.25, -0.2) is 0 Å². The van der Waals surface area contributed by atoms with E-state index >= 15 is 0 Å². The molecule has 0 fully saturated rings. The summed E-state index contributed by atoms with van der Waals surface area (Å²) >= 11 is 9.19. The first kappa shape index (κ1) is 15.0. The van der Waals surface area contributed by atoms with E-state index in [1.54, 1.807) is 25.1 Å². The summed E-state index contributed by atoms with van der Waals surface area (Å²) in [7, 11) is 0. The molecule has 6 heteroatoms. The molecule has 0 spiro atoms. The summed E-state index contributed by atoms with van der Waals surface area (Å²) in [4.78, 5) is 22.3. The summed E-state index contributed by atoms with van der Waals surface area (Å²) in [6, 6.07) is 4.97. The van der Waals surface area contributed by atoms with Crippen molar-refractivity contribution in [3.8, 4) is 0 Å². The van der Waals surface area contributed by atoms with Crippen molar-refractivity contribution >= 4 is 39.4 Å². The highest BCUT2D eigenvalue weighted by atomic mass is 79.9. The molecule has 18 heavy (non-hydrogen) atoms. The fraction of sp³-hybridized carbons (Fsp3) is 0.333. The molecule has 1 aromatic rings. The molecule has 1 unspecified atom stereocenters. The number of benzene rings is 1. The van der Waals surface area contributed by atoms with Gasteiger partial charge in [-0.1, -0.05) is 34.5 Å². The van der Waals surface area contributed by atoms with Crippen molar-refractivity contribution < 1.29 is 14.7 Å². The third kappa shape index (κ3) is 4.66. The molecule has 0 aromatic heterocycles. The van der Waals surface area contributed by atoms with Gasteiger partial charge in [0.2, 0.25) is 0 Å². The van der Waals surface area contributed by atoms with Crippen molar-refractivity contribution in [2.75, 3.05) is 6.54 Å². The zero-order chi connectivity index (χ0) is 13.7. The summed E-state index contributed by atoms with van der Waals surface area (Å²) < 4.78 is 0.795. The van der Waals surface area contributed by atoms with Gasteiger partial charge in [-0.2, -0.15) is 0 Å². The van der Waals surface area contributed by atoms with Crippen LogP contribution in [0.2, 0.25) is 5.02 Å². The molecule has 1 atom stereocenters. The van der Waals surface area contributed by atoms with E-state index in [9.17, 15) is 9.59 Å². The second-order valence-corrected chi connectivity index (χ2v) is 5.36. The number of hydrogen-bond donors (Lipinski definition) is 2. The monoisotopic (exact) mass is 333 g/mol. The minimum atomic E-state index is -0.876. The Morgan fingerprint density at radius 2 is 2.17 bits per heavy atom. The van der Waals surface area contributed by atoms with Crippen LogP contribution >= 0.6 is 27.5 Å². The van der Waals surface area contributed by atoms with Crippen molar-refractivity contribution in [1.29, 1.82) is 0 Å². The summed E-state index contributed by atoms with van der Waals surface area (Å²) in [5, 5.41) is 11.6. The van der Waals surface area contributed by atoms with Crippen LogP contribution in [0, 0.1) is 5.92 Å². The van der Waals surface area contributed by atoms with Crippen LogP contribution in [-0.2, 0) is 4.79 Å². The Labute approximate surface area is 118 Å². The molecule has 1 amide bonds. The molecule has 0 saturated heterocycles. The lowest BCUT2D eigenvalue weighted by atomic mass is 10.1. The zero-order valence-corrected chi connectivity index (χ0v) is 12.1. The Kier molecular flexibility index (Phi) is 5.62. The Bertz CT molecular complexity index is 465. The molecule has 0 aliphatic rings. The van der Waals surface area contributed by atoms with Crippen molar-refractivity contribution in [2.24, 2.45) is 5.92 Å². The van der Waals surface area contributed by atoms with Gasteiger partial charge in [-0.05, 0) is 24.1 Å². The van der Waals surface area contributed by atoms with Gasteiger partial charge in [0.05, 0.1) is 10.6 Å². The van der Waals surface area contributed by atoms with E-state index in [0.717, 1.165) is 4.47 Å². The standard InChI is InChI=1S/C12H13BrClNO3/c1-7(4-11(16)17)6-15-12(18)9-3-2-8(13)5-10(9)14/h2-3,5,7H,4,6H2,1H3,(H,15,18)(H,16,17).